The number of fused-ring (bicyclic) bond motifs is 2. The highest BCUT2D eigenvalue weighted by molar-refractivity contribution is 7.91. The van der Waals surface area contributed by atoms with E-state index in [0.717, 1.165) is 10.6 Å². The van der Waals surface area contributed by atoms with Crippen molar-refractivity contribution in [2.75, 3.05) is 11.1 Å². The van der Waals surface area contributed by atoms with Gasteiger partial charge in [-0.3, -0.25) is 4.79 Å². The van der Waals surface area contributed by atoms with Gasteiger partial charge in [0.1, 0.15) is 0 Å². The van der Waals surface area contributed by atoms with Gasteiger partial charge in [0, 0.05) is 11.3 Å². The van der Waals surface area contributed by atoms with Gasteiger partial charge in [0.05, 0.1) is 28.2 Å². The molecule has 1 aliphatic rings. The van der Waals surface area contributed by atoms with Crippen LogP contribution in [0.1, 0.15) is 30.0 Å². The molecule has 1 amide bonds. The average molecular weight is 598 g/mol. The number of halogens is 5. The molecule has 41 heavy (non-hydrogen) atoms. The molecule has 9 nitrogen and oxygen atoms in total. The first kappa shape index (κ1) is 28.3. The summed E-state index contributed by atoms with van der Waals surface area (Å²) in [6, 6.07) is 12.6. The van der Waals surface area contributed by atoms with Crippen LogP contribution in [0, 0.1) is 0 Å². The Labute approximate surface area is 229 Å². The number of para-hydroxylation sites is 1. The van der Waals surface area contributed by atoms with Crippen molar-refractivity contribution in [1.29, 1.82) is 0 Å². The number of aliphatic hydroxyl groups excluding tert-OH is 1. The van der Waals surface area contributed by atoms with Gasteiger partial charge in [0.15, 0.2) is 27.4 Å². The van der Waals surface area contributed by atoms with Gasteiger partial charge >= 0.3 is 12.5 Å². The predicted octanol–water partition coefficient (Wildman–Crippen LogP) is 4.89. The minimum atomic E-state index is -4.92. The standard InChI is InChI=1S/C26H20F5N3O6S/c1-2-41(37,38)17-9-6-14(7-10-17)21(35)23(36)32-16-8-11-19-18(12-16)33-24(25(27,28)29)34(19)13-15-4-3-5-20-22(15)40-26(30,31)39-20/h3-12,21,35H,2,13H2,1H3,(H,32,36)/t21-/m0/s1. The van der Waals surface area contributed by atoms with Crippen LogP contribution in [-0.4, -0.2) is 41.0 Å². The van der Waals surface area contributed by atoms with E-state index >= 15 is 0 Å². The molecule has 216 valence electrons. The number of ether oxygens (including phenoxy) is 2. The molecule has 1 aromatic heterocycles. The summed E-state index contributed by atoms with van der Waals surface area (Å²) in [5.74, 6) is -3.10. The Morgan fingerprint density at radius 3 is 2.46 bits per heavy atom. The summed E-state index contributed by atoms with van der Waals surface area (Å²) in [7, 11) is -3.49. The van der Waals surface area contributed by atoms with Gasteiger partial charge in [-0.05, 0) is 42.0 Å². The monoisotopic (exact) mass is 597 g/mol. The molecule has 4 aromatic rings. The van der Waals surface area contributed by atoms with E-state index in [4.69, 9.17) is 0 Å². The number of hydrogen-bond acceptors (Lipinski definition) is 7. The highest BCUT2D eigenvalue weighted by Crippen LogP contribution is 2.44. The summed E-state index contributed by atoms with van der Waals surface area (Å²) in [5, 5.41) is 12.8. The van der Waals surface area contributed by atoms with Gasteiger partial charge in [0.2, 0.25) is 5.82 Å². The van der Waals surface area contributed by atoms with E-state index in [1.165, 1.54) is 61.5 Å². The maximum absolute atomic E-state index is 13.9. The van der Waals surface area contributed by atoms with Crippen LogP contribution in [0.5, 0.6) is 11.5 Å². The molecular weight excluding hydrogens is 577 g/mol. The zero-order valence-corrected chi connectivity index (χ0v) is 21.8. The van der Waals surface area contributed by atoms with Crippen LogP contribution < -0.4 is 14.8 Å². The molecule has 2 heterocycles. The summed E-state index contributed by atoms with van der Waals surface area (Å²) < 4.78 is 103. The van der Waals surface area contributed by atoms with Gasteiger partial charge in [-0.15, -0.1) is 8.78 Å². The lowest BCUT2D eigenvalue weighted by atomic mass is 10.1. The lowest BCUT2D eigenvalue weighted by molar-refractivity contribution is -0.287. The third-order valence-electron chi connectivity index (χ3n) is 6.29. The molecule has 0 saturated carbocycles. The first-order valence-corrected chi connectivity index (χ1v) is 13.6. The predicted molar refractivity (Wildman–Crippen MR) is 134 cm³/mol. The Balaban J connectivity index is 1.42. The minimum absolute atomic E-state index is 0.0114. The number of anilines is 1. The largest absolute Gasteiger partial charge is 0.586 e. The molecule has 0 unspecified atom stereocenters. The van der Waals surface area contributed by atoms with Crippen molar-refractivity contribution in [3.63, 3.8) is 0 Å². The third kappa shape index (κ3) is 5.54. The highest BCUT2D eigenvalue weighted by atomic mass is 32.2. The topological polar surface area (TPSA) is 120 Å². The van der Waals surface area contributed by atoms with Gasteiger partial charge < -0.3 is 24.5 Å². The number of carbonyl (C=O) groups excluding carboxylic acids is 1. The summed E-state index contributed by atoms with van der Waals surface area (Å²) >= 11 is 0. The van der Waals surface area contributed by atoms with E-state index in [9.17, 15) is 40.3 Å². The lowest BCUT2D eigenvalue weighted by Crippen LogP contribution is -2.26. The van der Waals surface area contributed by atoms with Gasteiger partial charge in [-0.25, -0.2) is 13.4 Å². The highest BCUT2D eigenvalue weighted by Gasteiger charge is 2.45. The second-order valence-electron chi connectivity index (χ2n) is 9.00. The Bertz CT molecular complexity index is 1750. The molecule has 1 aliphatic heterocycles. The Morgan fingerprint density at radius 1 is 1.10 bits per heavy atom. The summed E-state index contributed by atoms with van der Waals surface area (Å²) in [4.78, 5) is 16.3. The van der Waals surface area contributed by atoms with Crippen LogP contribution in [0.25, 0.3) is 11.0 Å². The van der Waals surface area contributed by atoms with Crippen LogP contribution in [0.2, 0.25) is 0 Å². The van der Waals surface area contributed by atoms with E-state index in [1.807, 2.05) is 0 Å². The molecule has 1 atom stereocenters. The molecule has 2 N–H and O–H groups in total. The fraction of sp³-hybridized carbons (Fsp3) is 0.231. The smallest absolute Gasteiger partial charge is 0.395 e. The van der Waals surface area contributed by atoms with Crippen LogP contribution >= 0.6 is 0 Å². The van der Waals surface area contributed by atoms with Crippen LogP contribution in [0.4, 0.5) is 27.6 Å². The minimum Gasteiger partial charge on any atom is -0.395 e. The third-order valence-corrected chi connectivity index (χ3v) is 8.04. The van der Waals surface area contributed by atoms with Crippen LogP contribution in [0.15, 0.2) is 65.6 Å². The zero-order valence-electron chi connectivity index (χ0n) is 20.9. The molecular formula is C26H20F5N3O6S. The van der Waals surface area contributed by atoms with Crippen molar-refractivity contribution >= 4 is 32.5 Å². The molecule has 0 radical (unpaired) electrons. The normalized spacial score (nSPS) is 15.2. The van der Waals surface area contributed by atoms with E-state index in [0.29, 0.717) is 0 Å². The quantitative estimate of drug-likeness (QED) is 0.291. The van der Waals surface area contributed by atoms with Crippen LogP contribution in [-0.2, 0) is 27.4 Å². The number of nitrogens with zero attached hydrogens (tertiary/aromatic N) is 2. The van der Waals surface area contributed by atoms with Crippen LogP contribution in [0.3, 0.4) is 0 Å². The fourth-order valence-electron chi connectivity index (χ4n) is 4.29. The maximum atomic E-state index is 13.9. The van der Waals surface area contributed by atoms with Crippen molar-refractivity contribution in [2.45, 2.75) is 36.9 Å². The van der Waals surface area contributed by atoms with E-state index in [-0.39, 0.29) is 44.2 Å². The maximum Gasteiger partial charge on any atom is 0.586 e. The number of aromatic nitrogens is 2. The molecule has 0 fully saturated rings. The second-order valence-corrected chi connectivity index (χ2v) is 11.3. The van der Waals surface area contributed by atoms with E-state index in [2.05, 4.69) is 19.8 Å². The fourth-order valence-corrected chi connectivity index (χ4v) is 5.17. The SMILES string of the molecule is CCS(=O)(=O)c1ccc([C@H](O)C(=O)Nc2ccc3c(c2)nc(C(F)(F)F)n3Cc2cccc3c2OC(F)(F)O3)cc1. The first-order valence-electron chi connectivity index (χ1n) is 12.0. The van der Waals surface area contributed by atoms with Gasteiger partial charge in [-0.1, -0.05) is 31.2 Å². The summed E-state index contributed by atoms with van der Waals surface area (Å²) in [5.41, 5.74) is -0.0973. The molecule has 0 saturated heterocycles. The Hall–Kier alpha value is -4.24. The molecule has 15 heteroatoms. The number of imidazole rings is 1. The number of amides is 1. The van der Waals surface area contributed by atoms with Crippen molar-refractivity contribution in [2.24, 2.45) is 0 Å². The molecule has 3 aromatic carbocycles. The molecule has 0 bridgehead atoms. The van der Waals surface area contributed by atoms with Gasteiger partial charge in [0.25, 0.3) is 5.91 Å². The van der Waals surface area contributed by atoms with Crippen molar-refractivity contribution in [1.82, 2.24) is 9.55 Å². The first-order chi connectivity index (χ1) is 19.2. The van der Waals surface area contributed by atoms with Crippen molar-refractivity contribution in [3.05, 3.63) is 77.6 Å². The zero-order chi connectivity index (χ0) is 29.7. The number of sulfone groups is 1. The second kappa shape index (κ2) is 9.99. The molecule has 5 rings (SSSR count). The summed E-state index contributed by atoms with van der Waals surface area (Å²) in [6.45, 7) is 0.934. The van der Waals surface area contributed by atoms with Crippen molar-refractivity contribution in [3.8, 4) is 11.5 Å². The number of benzene rings is 3. The van der Waals surface area contributed by atoms with E-state index in [1.54, 1.807) is 0 Å². The number of aliphatic hydroxyl groups is 1. The molecule has 0 spiro atoms. The van der Waals surface area contributed by atoms with E-state index < -0.39 is 52.4 Å². The number of carbonyl (C=O) groups is 1. The van der Waals surface area contributed by atoms with Gasteiger partial charge in [-0.2, -0.15) is 13.2 Å². The lowest BCUT2D eigenvalue weighted by Gasteiger charge is -2.14. The number of rotatable bonds is 7. The van der Waals surface area contributed by atoms with Crippen molar-refractivity contribution < 1.29 is 49.7 Å². The average Bonchev–Trinajstić information content (AvgIpc) is 3.44. The Kier molecular flexibility index (Phi) is 6.90. The Morgan fingerprint density at radius 2 is 1.80 bits per heavy atom. The summed E-state index contributed by atoms with van der Waals surface area (Å²) in [6.07, 6.45) is -10.6. The number of nitrogens with one attached hydrogen (secondary N) is 1. The molecule has 0 aliphatic carbocycles. The number of alkyl halides is 5. The number of hydrogen-bond donors (Lipinski definition) is 2.